The van der Waals surface area contributed by atoms with Crippen molar-refractivity contribution >= 4 is 15.9 Å². The van der Waals surface area contributed by atoms with Crippen LogP contribution in [0.25, 0.3) is 0 Å². The smallest absolute Gasteiger partial charge is 0.0213 e. The van der Waals surface area contributed by atoms with E-state index in [1.165, 1.54) is 21.2 Å². The molecule has 0 aliphatic heterocycles. The summed E-state index contributed by atoms with van der Waals surface area (Å²) in [5.41, 5.74) is 4.05. The highest BCUT2D eigenvalue weighted by molar-refractivity contribution is 9.10. The van der Waals surface area contributed by atoms with Gasteiger partial charge in [0.25, 0.3) is 0 Å². The third kappa shape index (κ3) is 3.11. The van der Waals surface area contributed by atoms with Crippen molar-refractivity contribution in [3.05, 3.63) is 33.3 Å². The number of benzene rings is 1. The van der Waals surface area contributed by atoms with Crippen LogP contribution in [-0.2, 0) is 0 Å². The van der Waals surface area contributed by atoms with Gasteiger partial charge in [-0.15, -0.1) is 11.8 Å². The van der Waals surface area contributed by atoms with Crippen LogP contribution in [0, 0.1) is 25.7 Å². The molecule has 0 N–H and O–H groups in total. The van der Waals surface area contributed by atoms with E-state index < -0.39 is 0 Å². The zero-order chi connectivity index (χ0) is 11.4. The lowest BCUT2D eigenvalue weighted by atomic mass is 9.95. The molecule has 15 heavy (non-hydrogen) atoms. The van der Waals surface area contributed by atoms with Crippen molar-refractivity contribution < 1.29 is 0 Å². The Morgan fingerprint density at radius 1 is 1.27 bits per heavy atom. The minimum absolute atomic E-state index is 0.492. The molecule has 0 radical (unpaired) electrons. The molecule has 0 fully saturated rings. The second-order valence-electron chi connectivity index (χ2n) is 3.99. The molecule has 0 aliphatic carbocycles. The fraction of sp³-hybridized carbons (Fsp3) is 0.429. The third-order valence-corrected chi connectivity index (χ3v) is 3.42. The molecule has 1 aromatic rings. The number of halogens is 1. The molecule has 1 aromatic carbocycles. The SMILES string of the molecule is CC#CCC(C)c1cc(C)c(C)cc1Br. The lowest BCUT2D eigenvalue weighted by Gasteiger charge is -2.13. The molecule has 0 heterocycles. The van der Waals surface area contributed by atoms with Crippen molar-refractivity contribution in [1.29, 1.82) is 0 Å². The van der Waals surface area contributed by atoms with Crippen LogP contribution >= 0.6 is 15.9 Å². The Morgan fingerprint density at radius 2 is 1.87 bits per heavy atom. The van der Waals surface area contributed by atoms with Gasteiger partial charge in [-0.25, -0.2) is 0 Å². The van der Waals surface area contributed by atoms with E-state index in [2.05, 4.69) is 60.7 Å². The average Bonchev–Trinajstić information content (AvgIpc) is 2.20. The van der Waals surface area contributed by atoms with Crippen molar-refractivity contribution in [1.82, 2.24) is 0 Å². The van der Waals surface area contributed by atoms with E-state index in [1.54, 1.807) is 0 Å². The van der Waals surface area contributed by atoms with Gasteiger partial charge < -0.3 is 0 Å². The lowest BCUT2D eigenvalue weighted by molar-refractivity contribution is 0.789. The Kier molecular flexibility index (Phi) is 4.42. The fourth-order valence-corrected chi connectivity index (χ4v) is 2.39. The Labute approximate surface area is 101 Å². The third-order valence-electron chi connectivity index (χ3n) is 2.73. The van der Waals surface area contributed by atoms with Crippen molar-refractivity contribution in [2.75, 3.05) is 0 Å². The van der Waals surface area contributed by atoms with Crippen LogP contribution in [0.15, 0.2) is 16.6 Å². The van der Waals surface area contributed by atoms with Crippen LogP contribution in [-0.4, -0.2) is 0 Å². The maximum atomic E-state index is 3.63. The quantitative estimate of drug-likeness (QED) is 0.686. The van der Waals surface area contributed by atoms with Gasteiger partial charge in [-0.2, -0.15) is 0 Å². The van der Waals surface area contributed by atoms with Gasteiger partial charge in [0.1, 0.15) is 0 Å². The van der Waals surface area contributed by atoms with Gasteiger partial charge in [0.05, 0.1) is 0 Å². The first-order valence-corrected chi connectivity index (χ1v) is 6.01. The van der Waals surface area contributed by atoms with E-state index in [0.717, 1.165) is 6.42 Å². The maximum Gasteiger partial charge on any atom is 0.0213 e. The molecule has 0 nitrogen and oxygen atoms in total. The van der Waals surface area contributed by atoms with Gasteiger partial charge in [0.15, 0.2) is 0 Å². The Morgan fingerprint density at radius 3 is 2.47 bits per heavy atom. The van der Waals surface area contributed by atoms with Gasteiger partial charge in [0.2, 0.25) is 0 Å². The Balaban J connectivity index is 3.01. The first-order chi connectivity index (χ1) is 7.06. The van der Waals surface area contributed by atoms with Gasteiger partial charge in [-0.05, 0) is 49.4 Å². The summed E-state index contributed by atoms with van der Waals surface area (Å²) < 4.78 is 1.20. The minimum atomic E-state index is 0.492. The monoisotopic (exact) mass is 264 g/mol. The highest BCUT2D eigenvalue weighted by atomic mass is 79.9. The van der Waals surface area contributed by atoms with Gasteiger partial charge in [0, 0.05) is 10.9 Å². The van der Waals surface area contributed by atoms with Crippen LogP contribution in [0.5, 0.6) is 0 Å². The van der Waals surface area contributed by atoms with Crippen molar-refractivity contribution in [2.24, 2.45) is 0 Å². The van der Waals surface area contributed by atoms with Gasteiger partial charge in [-0.1, -0.05) is 28.9 Å². The zero-order valence-electron chi connectivity index (χ0n) is 9.82. The summed E-state index contributed by atoms with van der Waals surface area (Å²) in [5.74, 6) is 6.58. The van der Waals surface area contributed by atoms with E-state index in [0.29, 0.717) is 5.92 Å². The first kappa shape index (κ1) is 12.3. The average molecular weight is 265 g/mol. The molecule has 0 saturated heterocycles. The second kappa shape index (κ2) is 5.37. The number of aryl methyl sites for hydroxylation is 2. The largest absolute Gasteiger partial charge is 0.107 e. The predicted molar refractivity (Wildman–Crippen MR) is 70.1 cm³/mol. The van der Waals surface area contributed by atoms with Gasteiger partial charge >= 0.3 is 0 Å². The van der Waals surface area contributed by atoms with Crippen LogP contribution in [0.4, 0.5) is 0 Å². The summed E-state index contributed by atoms with van der Waals surface area (Å²) in [6.07, 6.45) is 0.928. The standard InChI is InChI=1S/C14H17Br/c1-5-6-7-10(2)13-8-11(3)12(4)9-14(13)15/h8-10H,7H2,1-4H3. The van der Waals surface area contributed by atoms with Crippen LogP contribution in [0.3, 0.4) is 0 Å². The summed E-state index contributed by atoms with van der Waals surface area (Å²) in [7, 11) is 0. The van der Waals surface area contributed by atoms with E-state index >= 15 is 0 Å². The second-order valence-corrected chi connectivity index (χ2v) is 4.84. The van der Waals surface area contributed by atoms with Crippen molar-refractivity contribution in [3.8, 4) is 11.8 Å². The zero-order valence-corrected chi connectivity index (χ0v) is 11.4. The molecular formula is C14H17Br. The Bertz CT molecular complexity index is 407. The molecule has 0 saturated carbocycles. The van der Waals surface area contributed by atoms with E-state index in [1.807, 2.05) is 6.92 Å². The number of rotatable bonds is 2. The lowest BCUT2D eigenvalue weighted by Crippen LogP contribution is -1.96. The summed E-state index contributed by atoms with van der Waals surface area (Å²) in [4.78, 5) is 0. The number of hydrogen-bond donors (Lipinski definition) is 0. The highest BCUT2D eigenvalue weighted by Crippen LogP contribution is 2.29. The van der Waals surface area contributed by atoms with Crippen molar-refractivity contribution in [3.63, 3.8) is 0 Å². The first-order valence-electron chi connectivity index (χ1n) is 5.22. The molecule has 0 aliphatic rings. The molecule has 1 rings (SSSR count). The minimum Gasteiger partial charge on any atom is -0.107 e. The summed E-state index contributed by atoms with van der Waals surface area (Å²) >= 11 is 3.63. The molecule has 1 heteroatoms. The van der Waals surface area contributed by atoms with E-state index in [-0.39, 0.29) is 0 Å². The highest BCUT2D eigenvalue weighted by Gasteiger charge is 2.09. The fourth-order valence-electron chi connectivity index (χ4n) is 1.55. The molecule has 0 aromatic heterocycles. The molecule has 80 valence electrons. The van der Waals surface area contributed by atoms with Gasteiger partial charge in [-0.3, -0.25) is 0 Å². The van der Waals surface area contributed by atoms with Crippen LogP contribution in [0.2, 0.25) is 0 Å². The normalized spacial score (nSPS) is 11.8. The van der Waals surface area contributed by atoms with E-state index in [9.17, 15) is 0 Å². The molecule has 0 spiro atoms. The number of hydrogen-bond acceptors (Lipinski definition) is 0. The van der Waals surface area contributed by atoms with Crippen LogP contribution in [0.1, 0.15) is 42.9 Å². The van der Waals surface area contributed by atoms with E-state index in [4.69, 9.17) is 0 Å². The molecular weight excluding hydrogens is 248 g/mol. The molecule has 1 unspecified atom stereocenters. The molecule has 0 amide bonds. The summed E-state index contributed by atoms with van der Waals surface area (Å²) in [5, 5.41) is 0. The molecule has 1 atom stereocenters. The predicted octanol–water partition coefficient (Wildman–Crippen LogP) is 4.58. The Hall–Kier alpha value is -0.740. The van der Waals surface area contributed by atoms with Crippen molar-refractivity contribution in [2.45, 2.75) is 40.0 Å². The summed E-state index contributed by atoms with van der Waals surface area (Å²) in [6.45, 7) is 8.41. The molecule has 0 bridgehead atoms. The van der Waals surface area contributed by atoms with Crippen LogP contribution < -0.4 is 0 Å². The summed E-state index contributed by atoms with van der Waals surface area (Å²) in [6, 6.07) is 4.46. The topological polar surface area (TPSA) is 0 Å². The maximum absolute atomic E-state index is 3.63.